The summed E-state index contributed by atoms with van der Waals surface area (Å²) in [4.78, 5) is 13.7. The number of thioether (sulfide) groups is 1. The molecule has 2 aromatic rings. The van der Waals surface area contributed by atoms with E-state index in [2.05, 4.69) is 24.0 Å². The Kier molecular flexibility index (Phi) is 5.99. The maximum absolute atomic E-state index is 14.1. The molecule has 7 heteroatoms. The maximum atomic E-state index is 14.1. The van der Waals surface area contributed by atoms with Crippen LogP contribution in [0.3, 0.4) is 0 Å². The quantitative estimate of drug-likeness (QED) is 0.750. The van der Waals surface area contributed by atoms with Gasteiger partial charge in [0.05, 0.1) is 10.8 Å². The molecular formula is C17H23FN4OS. The normalized spacial score (nSPS) is 12.5. The summed E-state index contributed by atoms with van der Waals surface area (Å²) in [5, 5.41) is 8.73. The molecule has 0 aliphatic rings. The van der Waals surface area contributed by atoms with Crippen molar-refractivity contribution in [1.29, 1.82) is 0 Å². The Hall–Kier alpha value is -1.89. The molecular weight excluding hydrogens is 327 g/mol. The van der Waals surface area contributed by atoms with Crippen LogP contribution in [0.25, 0.3) is 11.4 Å². The van der Waals surface area contributed by atoms with Crippen LogP contribution in [-0.2, 0) is 11.3 Å². The summed E-state index contributed by atoms with van der Waals surface area (Å²) in [5.74, 6) is 0.509. The molecule has 1 aromatic carbocycles. The summed E-state index contributed by atoms with van der Waals surface area (Å²) in [6.07, 6.45) is 0. The lowest BCUT2D eigenvalue weighted by Gasteiger charge is -2.17. The minimum atomic E-state index is -0.330. The summed E-state index contributed by atoms with van der Waals surface area (Å²) < 4.78 is 16.0. The van der Waals surface area contributed by atoms with Crippen LogP contribution < -0.4 is 0 Å². The Balaban J connectivity index is 2.39. The van der Waals surface area contributed by atoms with Gasteiger partial charge in [-0.05, 0) is 25.0 Å². The van der Waals surface area contributed by atoms with Gasteiger partial charge in [0.25, 0.3) is 0 Å². The van der Waals surface area contributed by atoms with Gasteiger partial charge in [-0.25, -0.2) is 4.39 Å². The fraction of sp³-hybridized carbons (Fsp3) is 0.471. The van der Waals surface area contributed by atoms with Crippen molar-refractivity contribution in [3.63, 3.8) is 0 Å². The van der Waals surface area contributed by atoms with Gasteiger partial charge in [-0.15, -0.1) is 10.2 Å². The van der Waals surface area contributed by atoms with E-state index in [4.69, 9.17) is 0 Å². The van der Waals surface area contributed by atoms with E-state index in [-0.39, 0.29) is 17.0 Å². The first-order valence-electron chi connectivity index (χ1n) is 7.87. The molecule has 1 atom stereocenters. The molecule has 1 aromatic heterocycles. The minimum absolute atomic E-state index is 0.00605. The molecule has 0 saturated carbocycles. The molecule has 0 bridgehead atoms. The molecule has 0 spiro atoms. The standard InChI is InChI=1S/C17H23FN4OS/c1-11(2)10-22-15(13-8-6-7-9-14(13)18)19-20-17(22)24-12(3)16(23)21(4)5/h6-9,11-12H,10H2,1-5H3. The number of carbonyl (C=O) groups excluding carboxylic acids is 1. The third-order valence-electron chi connectivity index (χ3n) is 3.45. The second-order valence-electron chi connectivity index (χ2n) is 6.28. The van der Waals surface area contributed by atoms with E-state index in [1.807, 2.05) is 11.5 Å². The second kappa shape index (κ2) is 7.79. The lowest BCUT2D eigenvalue weighted by Crippen LogP contribution is -2.30. The number of carbonyl (C=O) groups is 1. The number of halogens is 1. The van der Waals surface area contributed by atoms with Crippen molar-refractivity contribution < 1.29 is 9.18 Å². The molecule has 1 heterocycles. The van der Waals surface area contributed by atoms with Gasteiger partial charge >= 0.3 is 0 Å². The molecule has 0 aliphatic carbocycles. The number of aromatic nitrogens is 3. The Morgan fingerprint density at radius 2 is 1.92 bits per heavy atom. The fourth-order valence-electron chi connectivity index (χ4n) is 2.32. The molecule has 0 fully saturated rings. The fourth-order valence-corrected chi connectivity index (χ4v) is 3.32. The number of rotatable bonds is 6. The highest BCUT2D eigenvalue weighted by Crippen LogP contribution is 2.29. The zero-order chi connectivity index (χ0) is 17.9. The van der Waals surface area contributed by atoms with Gasteiger partial charge in [-0.2, -0.15) is 0 Å². The molecule has 0 aliphatic heterocycles. The second-order valence-corrected chi connectivity index (χ2v) is 7.59. The Labute approximate surface area is 146 Å². The van der Waals surface area contributed by atoms with Gasteiger partial charge in [0.2, 0.25) is 5.91 Å². The molecule has 1 amide bonds. The topological polar surface area (TPSA) is 51.0 Å². The first-order valence-corrected chi connectivity index (χ1v) is 8.75. The third-order valence-corrected chi connectivity index (χ3v) is 4.52. The van der Waals surface area contributed by atoms with Crippen molar-refractivity contribution in [1.82, 2.24) is 19.7 Å². The van der Waals surface area contributed by atoms with Gasteiger partial charge in [0.15, 0.2) is 11.0 Å². The number of amides is 1. The molecule has 2 rings (SSSR count). The predicted molar refractivity (Wildman–Crippen MR) is 94.3 cm³/mol. The predicted octanol–water partition coefficient (Wildman–Crippen LogP) is 3.31. The number of hydrogen-bond donors (Lipinski definition) is 0. The van der Waals surface area contributed by atoms with Crippen LogP contribution in [0.2, 0.25) is 0 Å². The van der Waals surface area contributed by atoms with Gasteiger partial charge in [0.1, 0.15) is 5.82 Å². The zero-order valence-corrected chi connectivity index (χ0v) is 15.5. The van der Waals surface area contributed by atoms with E-state index in [0.717, 1.165) is 0 Å². The molecule has 1 unspecified atom stereocenters. The van der Waals surface area contributed by atoms with Crippen LogP contribution in [0.4, 0.5) is 4.39 Å². The van der Waals surface area contributed by atoms with Crippen LogP contribution in [0.1, 0.15) is 20.8 Å². The monoisotopic (exact) mass is 350 g/mol. The summed E-state index contributed by atoms with van der Waals surface area (Å²) in [7, 11) is 3.45. The van der Waals surface area contributed by atoms with Crippen LogP contribution in [-0.4, -0.2) is 44.9 Å². The van der Waals surface area contributed by atoms with E-state index in [0.29, 0.717) is 29.0 Å². The van der Waals surface area contributed by atoms with Gasteiger partial charge < -0.3 is 9.47 Å². The first-order chi connectivity index (χ1) is 11.3. The van der Waals surface area contributed by atoms with Crippen molar-refractivity contribution in [2.75, 3.05) is 14.1 Å². The Bertz CT molecular complexity index is 714. The smallest absolute Gasteiger partial charge is 0.235 e. The average molecular weight is 350 g/mol. The number of hydrogen-bond acceptors (Lipinski definition) is 4. The summed E-state index contributed by atoms with van der Waals surface area (Å²) in [5.41, 5.74) is 0.420. The molecule has 130 valence electrons. The van der Waals surface area contributed by atoms with Crippen molar-refractivity contribution >= 4 is 17.7 Å². The van der Waals surface area contributed by atoms with Gasteiger partial charge in [-0.3, -0.25) is 4.79 Å². The van der Waals surface area contributed by atoms with Gasteiger partial charge in [-0.1, -0.05) is 37.7 Å². The van der Waals surface area contributed by atoms with E-state index in [1.165, 1.54) is 17.8 Å². The molecule has 5 nitrogen and oxygen atoms in total. The highest BCUT2D eigenvalue weighted by Gasteiger charge is 2.23. The highest BCUT2D eigenvalue weighted by atomic mass is 32.2. The maximum Gasteiger partial charge on any atom is 0.235 e. The van der Waals surface area contributed by atoms with Crippen LogP contribution in [0.15, 0.2) is 29.4 Å². The molecule has 0 radical (unpaired) electrons. The van der Waals surface area contributed by atoms with Crippen molar-refractivity contribution in [2.45, 2.75) is 37.7 Å². The average Bonchev–Trinajstić information content (AvgIpc) is 2.88. The summed E-state index contributed by atoms with van der Waals surface area (Å²) >= 11 is 1.35. The SMILES string of the molecule is CC(C)Cn1c(SC(C)C(=O)N(C)C)nnc1-c1ccccc1F. The van der Waals surface area contributed by atoms with Crippen LogP contribution in [0.5, 0.6) is 0 Å². The van der Waals surface area contributed by atoms with Crippen molar-refractivity contribution in [3.05, 3.63) is 30.1 Å². The Morgan fingerprint density at radius 1 is 1.25 bits per heavy atom. The van der Waals surface area contributed by atoms with E-state index in [1.54, 1.807) is 37.2 Å². The van der Waals surface area contributed by atoms with Crippen molar-refractivity contribution in [2.24, 2.45) is 5.92 Å². The van der Waals surface area contributed by atoms with E-state index in [9.17, 15) is 9.18 Å². The molecule has 24 heavy (non-hydrogen) atoms. The minimum Gasteiger partial charge on any atom is -0.348 e. The van der Waals surface area contributed by atoms with Gasteiger partial charge in [0, 0.05) is 20.6 Å². The zero-order valence-electron chi connectivity index (χ0n) is 14.7. The molecule has 0 N–H and O–H groups in total. The lowest BCUT2D eigenvalue weighted by molar-refractivity contribution is -0.127. The van der Waals surface area contributed by atoms with Crippen molar-refractivity contribution in [3.8, 4) is 11.4 Å². The first kappa shape index (κ1) is 18.4. The van der Waals surface area contributed by atoms with E-state index >= 15 is 0 Å². The Morgan fingerprint density at radius 3 is 2.50 bits per heavy atom. The van der Waals surface area contributed by atoms with Crippen LogP contribution >= 0.6 is 11.8 Å². The summed E-state index contributed by atoms with van der Waals surface area (Å²) in [6.45, 7) is 6.65. The lowest BCUT2D eigenvalue weighted by atomic mass is 10.2. The molecule has 0 saturated heterocycles. The summed E-state index contributed by atoms with van der Waals surface area (Å²) in [6, 6.07) is 6.53. The van der Waals surface area contributed by atoms with Crippen LogP contribution in [0, 0.1) is 11.7 Å². The van der Waals surface area contributed by atoms with E-state index < -0.39 is 0 Å². The number of nitrogens with zero attached hydrogens (tertiary/aromatic N) is 4. The highest BCUT2D eigenvalue weighted by molar-refractivity contribution is 8.00. The largest absolute Gasteiger partial charge is 0.348 e. The number of benzene rings is 1. The third kappa shape index (κ3) is 4.14.